The van der Waals surface area contributed by atoms with E-state index in [-0.39, 0.29) is 29.6 Å². The Morgan fingerprint density at radius 3 is 2.31 bits per heavy atom. The van der Waals surface area contributed by atoms with Gasteiger partial charge in [-0.3, -0.25) is 4.79 Å². The predicted molar refractivity (Wildman–Crippen MR) is 129 cm³/mol. The molecule has 3 aromatic carbocycles. The SMILES string of the molecule is O=C(CCl)N(Cc1ccc(N2CCOCC2)cc1)c1ccc(Oc2ccccc2)c(C(F)(F)F)c1. The Morgan fingerprint density at radius 1 is 1.00 bits per heavy atom. The van der Waals surface area contributed by atoms with Crippen molar-refractivity contribution in [1.29, 1.82) is 0 Å². The Labute approximate surface area is 206 Å². The van der Waals surface area contributed by atoms with Crippen LogP contribution in [0.25, 0.3) is 0 Å². The van der Waals surface area contributed by atoms with Crippen LogP contribution in [-0.4, -0.2) is 38.1 Å². The monoisotopic (exact) mass is 504 g/mol. The minimum Gasteiger partial charge on any atom is -0.457 e. The highest BCUT2D eigenvalue weighted by Gasteiger charge is 2.35. The molecule has 0 atom stereocenters. The first-order valence-corrected chi connectivity index (χ1v) is 11.6. The van der Waals surface area contributed by atoms with Crippen molar-refractivity contribution in [1.82, 2.24) is 0 Å². The van der Waals surface area contributed by atoms with Crippen molar-refractivity contribution in [3.05, 3.63) is 83.9 Å². The van der Waals surface area contributed by atoms with Crippen LogP contribution in [0.1, 0.15) is 11.1 Å². The van der Waals surface area contributed by atoms with E-state index in [1.807, 2.05) is 24.3 Å². The molecular weight excluding hydrogens is 481 g/mol. The molecule has 0 saturated carbocycles. The Bertz CT molecular complexity index is 1130. The number of ether oxygens (including phenoxy) is 2. The molecule has 4 rings (SSSR count). The molecule has 184 valence electrons. The second-order valence-corrected chi connectivity index (χ2v) is 8.24. The molecule has 0 aliphatic carbocycles. The topological polar surface area (TPSA) is 42.0 Å². The van der Waals surface area contributed by atoms with Gasteiger partial charge in [-0.25, -0.2) is 0 Å². The highest BCUT2D eigenvalue weighted by Crippen LogP contribution is 2.40. The summed E-state index contributed by atoms with van der Waals surface area (Å²) >= 11 is 5.80. The Balaban J connectivity index is 1.60. The molecule has 0 unspecified atom stereocenters. The van der Waals surface area contributed by atoms with Gasteiger partial charge < -0.3 is 19.3 Å². The summed E-state index contributed by atoms with van der Waals surface area (Å²) in [4.78, 5) is 16.1. The van der Waals surface area contributed by atoms with Gasteiger partial charge in [0.15, 0.2) is 0 Å². The number of amides is 1. The molecule has 35 heavy (non-hydrogen) atoms. The summed E-state index contributed by atoms with van der Waals surface area (Å²) in [6.07, 6.45) is -4.68. The normalized spacial score (nSPS) is 14.0. The van der Waals surface area contributed by atoms with E-state index in [9.17, 15) is 18.0 Å². The maximum absolute atomic E-state index is 13.9. The van der Waals surface area contributed by atoms with E-state index in [4.69, 9.17) is 21.1 Å². The second-order valence-electron chi connectivity index (χ2n) is 7.97. The third-order valence-corrected chi connectivity index (χ3v) is 5.85. The second kappa shape index (κ2) is 11.0. The molecule has 1 fully saturated rings. The van der Waals surface area contributed by atoms with Crippen LogP contribution in [0.2, 0.25) is 0 Å². The van der Waals surface area contributed by atoms with Gasteiger partial charge in [0, 0.05) is 24.5 Å². The van der Waals surface area contributed by atoms with E-state index in [1.165, 1.54) is 17.0 Å². The average Bonchev–Trinajstić information content (AvgIpc) is 2.88. The molecule has 1 heterocycles. The number of anilines is 2. The largest absolute Gasteiger partial charge is 0.457 e. The molecule has 1 saturated heterocycles. The maximum atomic E-state index is 13.9. The Morgan fingerprint density at radius 2 is 1.69 bits per heavy atom. The number of hydrogen-bond donors (Lipinski definition) is 0. The van der Waals surface area contributed by atoms with E-state index < -0.39 is 17.6 Å². The van der Waals surface area contributed by atoms with Crippen molar-refractivity contribution in [2.24, 2.45) is 0 Å². The van der Waals surface area contributed by atoms with E-state index in [1.54, 1.807) is 30.3 Å². The van der Waals surface area contributed by atoms with E-state index in [0.29, 0.717) is 13.2 Å². The van der Waals surface area contributed by atoms with Gasteiger partial charge in [0.05, 0.1) is 19.8 Å². The van der Waals surface area contributed by atoms with E-state index >= 15 is 0 Å². The third kappa shape index (κ3) is 6.26. The number of halogens is 4. The molecule has 9 heteroatoms. The van der Waals surface area contributed by atoms with Crippen molar-refractivity contribution < 1.29 is 27.4 Å². The van der Waals surface area contributed by atoms with Gasteiger partial charge in [-0.1, -0.05) is 30.3 Å². The van der Waals surface area contributed by atoms with E-state index in [2.05, 4.69) is 4.90 Å². The van der Waals surface area contributed by atoms with Crippen molar-refractivity contribution in [3.63, 3.8) is 0 Å². The zero-order valence-corrected chi connectivity index (χ0v) is 19.6. The summed E-state index contributed by atoms with van der Waals surface area (Å²) in [5.41, 5.74) is 0.891. The number of carbonyl (C=O) groups is 1. The lowest BCUT2D eigenvalue weighted by Gasteiger charge is -2.29. The Kier molecular flexibility index (Phi) is 7.83. The summed E-state index contributed by atoms with van der Waals surface area (Å²) < 4.78 is 52.6. The summed E-state index contributed by atoms with van der Waals surface area (Å²) in [6.45, 7) is 2.96. The lowest BCUT2D eigenvalue weighted by Crippen LogP contribution is -2.36. The van der Waals surface area contributed by atoms with Gasteiger partial charge >= 0.3 is 6.18 Å². The molecule has 0 bridgehead atoms. The first-order valence-electron chi connectivity index (χ1n) is 11.1. The zero-order chi connectivity index (χ0) is 24.8. The summed E-state index contributed by atoms with van der Waals surface area (Å²) in [7, 11) is 0. The van der Waals surface area contributed by atoms with Crippen molar-refractivity contribution in [2.75, 3.05) is 42.0 Å². The average molecular weight is 505 g/mol. The molecule has 1 aliphatic heterocycles. The minimum atomic E-state index is -4.68. The lowest BCUT2D eigenvalue weighted by molar-refractivity contribution is -0.138. The zero-order valence-electron chi connectivity index (χ0n) is 18.8. The molecule has 1 aliphatic rings. The fourth-order valence-corrected chi connectivity index (χ4v) is 3.97. The van der Waals surface area contributed by atoms with Crippen LogP contribution < -0.4 is 14.5 Å². The van der Waals surface area contributed by atoms with Crippen LogP contribution in [0.4, 0.5) is 24.5 Å². The van der Waals surface area contributed by atoms with E-state index in [0.717, 1.165) is 30.4 Å². The summed E-state index contributed by atoms with van der Waals surface area (Å²) in [5.74, 6) is -0.940. The fourth-order valence-electron chi connectivity index (χ4n) is 3.82. The fraction of sp³-hybridized carbons (Fsp3) is 0.269. The quantitative estimate of drug-likeness (QED) is 0.364. The van der Waals surface area contributed by atoms with Crippen LogP contribution in [0, 0.1) is 0 Å². The first-order chi connectivity index (χ1) is 16.8. The lowest BCUT2D eigenvalue weighted by atomic mass is 10.1. The number of morpholine rings is 1. The standard InChI is InChI=1S/C26H24ClF3N2O3/c27-17-25(33)32(18-19-6-8-20(9-7-19)31-12-14-34-15-13-31)21-10-11-24(23(16-21)26(28,29)30)35-22-4-2-1-3-5-22/h1-11,16H,12-15,17-18H2. The van der Waals surface area contributed by atoms with Gasteiger partial charge in [-0.05, 0) is 48.0 Å². The Hall–Kier alpha value is -3.23. The van der Waals surface area contributed by atoms with Crippen LogP contribution in [-0.2, 0) is 22.3 Å². The van der Waals surface area contributed by atoms with Gasteiger partial charge in [0.25, 0.3) is 0 Å². The number of para-hydroxylation sites is 1. The van der Waals surface area contributed by atoms with Crippen molar-refractivity contribution in [2.45, 2.75) is 12.7 Å². The minimum absolute atomic E-state index is 0.0745. The highest BCUT2D eigenvalue weighted by molar-refractivity contribution is 6.29. The molecule has 0 spiro atoms. The molecule has 0 N–H and O–H groups in total. The van der Waals surface area contributed by atoms with Crippen LogP contribution in [0.3, 0.4) is 0 Å². The number of alkyl halides is 4. The smallest absolute Gasteiger partial charge is 0.420 e. The molecular formula is C26H24ClF3N2O3. The van der Waals surface area contributed by atoms with Crippen LogP contribution >= 0.6 is 11.6 Å². The number of hydrogen-bond acceptors (Lipinski definition) is 4. The third-order valence-electron chi connectivity index (χ3n) is 5.62. The molecule has 3 aromatic rings. The van der Waals surface area contributed by atoms with Gasteiger partial charge in [0.2, 0.25) is 5.91 Å². The summed E-state index contributed by atoms with van der Waals surface area (Å²) in [6, 6.07) is 19.4. The highest BCUT2D eigenvalue weighted by atomic mass is 35.5. The van der Waals surface area contributed by atoms with Gasteiger partial charge in [-0.2, -0.15) is 13.2 Å². The molecule has 1 amide bonds. The van der Waals surface area contributed by atoms with Crippen molar-refractivity contribution >= 4 is 28.9 Å². The van der Waals surface area contributed by atoms with Gasteiger partial charge in [0.1, 0.15) is 22.9 Å². The number of rotatable bonds is 7. The first kappa shape index (κ1) is 24.9. The molecule has 0 aromatic heterocycles. The van der Waals surface area contributed by atoms with Crippen LogP contribution in [0.5, 0.6) is 11.5 Å². The van der Waals surface area contributed by atoms with Gasteiger partial charge in [-0.15, -0.1) is 11.6 Å². The number of benzene rings is 3. The summed E-state index contributed by atoms with van der Waals surface area (Å²) in [5, 5.41) is 0. The predicted octanol–water partition coefficient (Wildman–Crippen LogP) is 6.11. The van der Waals surface area contributed by atoms with Crippen LogP contribution in [0.15, 0.2) is 72.8 Å². The number of carbonyl (C=O) groups excluding carboxylic acids is 1. The molecule has 0 radical (unpaired) electrons. The maximum Gasteiger partial charge on any atom is 0.420 e. The van der Waals surface area contributed by atoms with Crippen molar-refractivity contribution in [3.8, 4) is 11.5 Å². The molecule has 5 nitrogen and oxygen atoms in total. The number of nitrogens with zero attached hydrogens (tertiary/aromatic N) is 2.